The SMILES string of the molecule is CCCCc1ccc(OCc2ccnc(N)c2)cc1. The molecule has 1 aromatic heterocycles. The highest BCUT2D eigenvalue weighted by Gasteiger charge is 1.98. The standard InChI is InChI=1S/C16H20N2O/c1-2-3-4-13-5-7-15(8-6-13)19-12-14-9-10-18-16(17)11-14/h5-11H,2-4,12H2,1H3,(H2,17,18). The van der Waals surface area contributed by atoms with Crippen molar-refractivity contribution in [2.24, 2.45) is 0 Å². The topological polar surface area (TPSA) is 48.1 Å². The molecule has 0 unspecified atom stereocenters. The summed E-state index contributed by atoms with van der Waals surface area (Å²) in [7, 11) is 0. The molecule has 3 heteroatoms. The minimum atomic E-state index is 0.515. The number of rotatable bonds is 6. The largest absolute Gasteiger partial charge is 0.489 e. The van der Waals surface area contributed by atoms with Crippen LogP contribution in [0.5, 0.6) is 5.75 Å². The van der Waals surface area contributed by atoms with Gasteiger partial charge in [-0.05, 0) is 48.2 Å². The van der Waals surface area contributed by atoms with Crippen LogP contribution in [0, 0.1) is 0 Å². The molecule has 0 fully saturated rings. The Morgan fingerprint density at radius 3 is 2.58 bits per heavy atom. The zero-order valence-electron chi connectivity index (χ0n) is 11.3. The summed E-state index contributed by atoms with van der Waals surface area (Å²) in [6, 6.07) is 12.0. The number of aryl methyl sites for hydroxylation is 1. The minimum absolute atomic E-state index is 0.515. The number of nitrogens with zero attached hydrogens (tertiary/aromatic N) is 1. The van der Waals surface area contributed by atoms with Crippen LogP contribution in [0.25, 0.3) is 0 Å². The molecule has 3 nitrogen and oxygen atoms in total. The molecule has 0 atom stereocenters. The number of hydrogen-bond acceptors (Lipinski definition) is 3. The Bertz CT molecular complexity index is 508. The van der Waals surface area contributed by atoms with E-state index < -0.39 is 0 Å². The van der Waals surface area contributed by atoms with Crippen LogP contribution in [0.3, 0.4) is 0 Å². The number of pyridine rings is 1. The van der Waals surface area contributed by atoms with Crippen molar-refractivity contribution in [1.29, 1.82) is 0 Å². The normalized spacial score (nSPS) is 10.4. The third kappa shape index (κ3) is 4.28. The lowest BCUT2D eigenvalue weighted by Crippen LogP contribution is -1.98. The predicted octanol–water partition coefficient (Wildman–Crippen LogP) is 3.59. The van der Waals surface area contributed by atoms with Gasteiger partial charge in [0.1, 0.15) is 18.2 Å². The molecular formula is C16H20N2O. The minimum Gasteiger partial charge on any atom is -0.489 e. The van der Waals surface area contributed by atoms with Gasteiger partial charge in [-0.3, -0.25) is 0 Å². The summed E-state index contributed by atoms with van der Waals surface area (Å²) in [6.45, 7) is 2.72. The Hall–Kier alpha value is -2.03. The molecule has 0 amide bonds. The zero-order valence-corrected chi connectivity index (χ0v) is 11.3. The smallest absolute Gasteiger partial charge is 0.123 e. The van der Waals surface area contributed by atoms with Crippen molar-refractivity contribution in [3.63, 3.8) is 0 Å². The quantitative estimate of drug-likeness (QED) is 0.859. The number of aromatic nitrogens is 1. The van der Waals surface area contributed by atoms with E-state index in [1.165, 1.54) is 18.4 Å². The van der Waals surface area contributed by atoms with Gasteiger partial charge < -0.3 is 10.5 Å². The van der Waals surface area contributed by atoms with Crippen molar-refractivity contribution < 1.29 is 4.74 Å². The van der Waals surface area contributed by atoms with E-state index >= 15 is 0 Å². The van der Waals surface area contributed by atoms with Crippen molar-refractivity contribution >= 4 is 5.82 Å². The molecule has 0 bridgehead atoms. The van der Waals surface area contributed by atoms with E-state index in [-0.39, 0.29) is 0 Å². The van der Waals surface area contributed by atoms with Crippen LogP contribution in [0.4, 0.5) is 5.82 Å². The molecule has 2 N–H and O–H groups in total. The second-order valence-electron chi connectivity index (χ2n) is 4.63. The number of nitrogens with two attached hydrogens (primary N) is 1. The van der Waals surface area contributed by atoms with E-state index in [1.807, 2.05) is 24.3 Å². The fourth-order valence-corrected chi connectivity index (χ4v) is 1.88. The summed E-state index contributed by atoms with van der Waals surface area (Å²) < 4.78 is 5.72. The Labute approximate surface area is 114 Å². The number of ether oxygens (including phenoxy) is 1. The van der Waals surface area contributed by atoms with E-state index in [4.69, 9.17) is 10.5 Å². The van der Waals surface area contributed by atoms with Gasteiger partial charge in [-0.25, -0.2) is 4.98 Å². The average Bonchev–Trinajstić information content (AvgIpc) is 2.44. The van der Waals surface area contributed by atoms with Crippen LogP contribution in [-0.2, 0) is 13.0 Å². The highest BCUT2D eigenvalue weighted by Crippen LogP contribution is 2.15. The van der Waals surface area contributed by atoms with E-state index in [0.717, 1.165) is 17.7 Å². The maximum atomic E-state index is 5.72. The van der Waals surface area contributed by atoms with Gasteiger partial charge in [-0.1, -0.05) is 25.5 Å². The summed E-state index contributed by atoms with van der Waals surface area (Å²) in [5.41, 5.74) is 8.02. The van der Waals surface area contributed by atoms with Crippen LogP contribution in [0.15, 0.2) is 42.6 Å². The molecular weight excluding hydrogens is 236 g/mol. The van der Waals surface area contributed by atoms with Gasteiger partial charge in [0.2, 0.25) is 0 Å². The summed E-state index contributed by atoms with van der Waals surface area (Å²) in [6.07, 6.45) is 5.29. The van der Waals surface area contributed by atoms with Gasteiger partial charge in [0, 0.05) is 6.20 Å². The molecule has 1 aromatic carbocycles. The number of anilines is 1. The molecule has 2 rings (SSSR count). The number of unbranched alkanes of at least 4 members (excludes halogenated alkanes) is 1. The summed E-state index contributed by atoms with van der Waals surface area (Å²) in [5, 5.41) is 0. The fourth-order valence-electron chi connectivity index (χ4n) is 1.88. The number of nitrogen functional groups attached to an aromatic ring is 1. The Balaban J connectivity index is 1.89. The van der Waals surface area contributed by atoms with E-state index in [0.29, 0.717) is 12.4 Å². The average molecular weight is 256 g/mol. The predicted molar refractivity (Wildman–Crippen MR) is 78.0 cm³/mol. The molecule has 2 aromatic rings. The summed E-state index contributed by atoms with van der Waals surface area (Å²) in [5.74, 6) is 1.41. The van der Waals surface area contributed by atoms with Gasteiger partial charge in [0.05, 0.1) is 0 Å². The first kappa shape index (κ1) is 13.4. The summed E-state index contributed by atoms with van der Waals surface area (Å²) in [4.78, 5) is 3.96. The third-order valence-electron chi connectivity index (χ3n) is 2.99. The monoisotopic (exact) mass is 256 g/mol. The van der Waals surface area contributed by atoms with Gasteiger partial charge in [0.25, 0.3) is 0 Å². The van der Waals surface area contributed by atoms with Gasteiger partial charge in [-0.2, -0.15) is 0 Å². The molecule has 0 saturated heterocycles. The van der Waals surface area contributed by atoms with Crippen LogP contribution in [-0.4, -0.2) is 4.98 Å². The molecule has 0 aliphatic carbocycles. The third-order valence-corrected chi connectivity index (χ3v) is 2.99. The van der Waals surface area contributed by atoms with Crippen molar-refractivity contribution in [1.82, 2.24) is 4.98 Å². The molecule has 0 spiro atoms. The highest BCUT2D eigenvalue weighted by atomic mass is 16.5. The van der Waals surface area contributed by atoms with Crippen LogP contribution < -0.4 is 10.5 Å². The lowest BCUT2D eigenvalue weighted by Gasteiger charge is -2.07. The first-order valence-electron chi connectivity index (χ1n) is 6.70. The lowest BCUT2D eigenvalue weighted by molar-refractivity contribution is 0.306. The lowest BCUT2D eigenvalue weighted by atomic mass is 10.1. The second-order valence-corrected chi connectivity index (χ2v) is 4.63. The summed E-state index contributed by atoms with van der Waals surface area (Å²) >= 11 is 0. The highest BCUT2D eigenvalue weighted by molar-refractivity contribution is 5.32. The maximum Gasteiger partial charge on any atom is 0.123 e. The first-order chi connectivity index (χ1) is 9.28. The van der Waals surface area contributed by atoms with Gasteiger partial charge >= 0.3 is 0 Å². The molecule has 1 heterocycles. The van der Waals surface area contributed by atoms with Gasteiger partial charge in [-0.15, -0.1) is 0 Å². The van der Waals surface area contributed by atoms with Crippen molar-refractivity contribution in [2.45, 2.75) is 32.8 Å². The first-order valence-corrected chi connectivity index (χ1v) is 6.70. The fraction of sp³-hybridized carbons (Fsp3) is 0.312. The zero-order chi connectivity index (χ0) is 13.5. The molecule has 0 aliphatic heterocycles. The van der Waals surface area contributed by atoms with Crippen LogP contribution in [0.2, 0.25) is 0 Å². The van der Waals surface area contributed by atoms with E-state index in [9.17, 15) is 0 Å². The second kappa shape index (κ2) is 6.78. The van der Waals surface area contributed by atoms with Crippen molar-refractivity contribution in [3.05, 3.63) is 53.7 Å². The van der Waals surface area contributed by atoms with Crippen LogP contribution in [0.1, 0.15) is 30.9 Å². The number of benzene rings is 1. The Morgan fingerprint density at radius 1 is 1.11 bits per heavy atom. The van der Waals surface area contributed by atoms with E-state index in [2.05, 4.69) is 24.0 Å². The van der Waals surface area contributed by atoms with Crippen molar-refractivity contribution in [2.75, 3.05) is 5.73 Å². The maximum absolute atomic E-state index is 5.72. The van der Waals surface area contributed by atoms with Crippen LogP contribution >= 0.6 is 0 Å². The Morgan fingerprint density at radius 2 is 1.89 bits per heavy atom. The molecule has 0 radical (unpaired) electrons. The molecule has 0 aliphatic rings. The molecule has 19 heavy (non-hydrogen) atoms. The molecule has 100 valence electrons. The Kier molecular flexibility index (Phi) is 4.78. The number of hydrogen-bond donors (Lipinski definition) is 1. The molecule has 0 saturated carbocycles. The van der Waals surface area contributed by atoms with Crippen molar-refractivity contribution in [3.8, 4) is 5.75 Å². The van der Waals surface area contributed by atoms with Gasteiger partial charge in [0.15, 0.2) is 0 Å². The van der Waals surface area contributed by atoms with E-state index in [1.54, 1.807) is 6.20 Å².